The minimum Gasteiger partial charge on any atom is -0.375 e. The van der Waals surface area contributed by atoms with Gasteiger partial charge >= 0.3 is 0 Å². The van der Waals surface area contributed by atoms with E-state index >= 15 is 0 Å². The van der Waals surface area contributed by atoms with Crippen LogP contribution in [0.5, 0.6) is 0 Å². The van der Waals surface area contributed by atoms with Gasteiger partial charge in [-0.15, -0.1) is 0 Å². The van der Waals surface area contributed by atoms with E-state index in [0.717, 1.165) is 44.7 Å². The predicted molar refractivity (Wildman–Crippen MR) is 92.5 cm³/mol. The standard InChI is InChI=1S/C19H32N2O3/c1-24-14-17(22)21-13-10-19(15-21)9-5-11-20(18(19)23)12-8-16-6-3-2-4-7-16/h16H,2-15H2,1H3/t19-/m1/s1. The van der Waals surface area contributed by atoms with Crippen LogP contribution in [0.2, 0.25) is 0 Å². The zero-order valence-corrected chi connectivity index (χ0v) is 15.1. The van der Waals surface area contributed by atoms with E-state index in [9.17, 15) is 9.59 Å². The van der Waals surface area contributed by atoms with E-state index in [-0.39, 0.29) is 17.9 Å². The first kappa shape index (κ1) is 17.7. The highest BCUT2D eigenvalue weighted by molar-refractivity contribution is 5.86. The molecule has 2 aliphatic heterocycles. The van der Waals surface area contributed by atoms with Crippen molar-refractivity contribution in [3.05, 3.63) is 0 Å². The maximum absolute atomic E-state index is 13.1. The summed E-state index contributed by atoms with van der Waals surface area (Å²) in [5, 5.41) is 0. The molecule has 0 N–H and O–H groups in total. The monoisotopic (exact) mass is 336 g/mol. The van der Waals surface area contributed by atoms with E-state index in [2.05, 4.69) is 4.90 Å². The third kappa shape index (κ3) is 3.76. The minimum absolute atomic E-state index is 0.0153. The zero-order valence-electron chi connectivity index (χ0n) is 15.1. The van der Waals surface area contributed by atoms with Gasteiger partial charge in [0.2, 0.25) is 11.8 Å². The number of carbonyl (C=O) groups is 2. The number of amides is 2. The Kier molecular flexibility index (Phi) is 5.80. The van der Waals surface area contributed by atoms with E-state index in [1.165, 1.54) is 32.1 Å². The van der Waals surface area contributed by atoms with Gasteiger partial charge in [0, 0.05) is 33.3 Å². The fourth-order valence-corrected chi connectivity index (χ4v) is 4.86. The van der Waals surface area contributed by atoms with E-state index in [1.807, 2.05) is 4.90 Å². The highest BCUT2D eigenvalue weighted by Crippen LogP contribution is 2.40. The van der Waals surface area contributed by atoms with Crippen LogP contribution < -0.4 is 0 Å². The van der Waals surface area contributed by atoms with Crippen molar-refractivity contribution in [3.8, 4) is 0 Å². The number of carbonyl (C=O) groups excluding carboxylic acids is 2. The predicted octanol–water partition coefficient (Wildman–Crippen LogP) is 2.44. The van der Waals surface area contributed by atoms with Crippen molar-refractivity contribution in [1.82, 2.24) is 9.80 Å². The molecule has 5 heteroatoms. The van der Waals surface area contributed by atoms with Gasteiger partial charge in [-0.3, -0.25) is 9.59 Å². The smallest absolute Gasteiger partial charge is 0.248 e. The van der Waals surface area contributed by atoms with Gasteiger partial charge in [0.25, 0.3) is 0 Å². The Morgan fingerprint density at radius 3 is 2.71 bits per heavy atom. The van der Waals surface area contributed by atoms with Gasteiger partial charge in [-0.2, -0.15) is 0 Å². The van der Waals surface area contributed by atoms with Gasteiger partial charge in [-0.05, 0) is 31.6 Å². The first-order chi connectivity index (χ1) is 11.6. The number of ether oxygens (including phenoxy) is 1. The summed E-state index contributed by atoms with van der Waals surface area (Å²) in [7, 11) is 1.54. The topological polar surface area (TPSA) is 49.9 Å². The lowest BCUT2D eigenvalue weighted by molar-refractivity contribution is -0.146. The van der Waals surface area contributed by atoms with Crippen LogP contribution in [0.4, 0.5) is 0 Å². The van der Waals surface area contributed by atoms with Crippen LogP contribution in [0.25, 0.3) is 0 Å². The molecule has 3 fully saturated rings. The van der Waals surface area contributed by atoms with Crippen molar-refractivity contribution in [2.75, 3.05) is 39.9 Å². The van der Waals surface area contributed by atoms with Crippen LogP contribution in [0, 0.1) is 11.3 Å². The van der Waals surface area contributed by atoms with E-state index in [0.29, 0.717) is 19.0 Å². The molecule has 2 amide bonds. The molecule has 0 aromatic heterocycles. The van der Waals surface area contributed by atoms with Crippen molar-refractivity contribution in [1.29, 1.82) is 0 Å². The van der Waals surface area contributed by atoms with E-state index in [1.54, 1.807) is 7.11 Å². The first-order valence-corrected chi connectivity index (χ1v) is 9.71. The van der Waals surface area contributed by atoms with Crippen molar-refractivity contribution in [2.24, 2.45) is 11.3 Å². The van der Waals surface area contributed by atoms with Gasteiger partial charge in [-0.1, -0.05) is 32.1 Å². The Morgan fingerprint density at radius 1 is 1.17 bits per heavy atom. The van der Waals surface area contributed by atoms with Gasteiger partial charge in [-0.25, -0.2) is 0 Å². The third-order valence-corrected chi connectivity index (χ3v) is 6.33. The van der Waals surface area contributed by atoms with Crippen LogP contribution >= 0.6 is 0 Å². The molecule has 1 aliphatic carbocycles. The summed E-state index contributed by atoms with van der Waals surface area (Å²) in [6, 6.07) is 0. The van der Waals surface area contributed by atoms with E-state index < -0.39 is 0 Å². The summed E-state index contributed by atoms with van der Waals surface area (Å²) in [5.74, 6) is 1.13. The number of hydrogen-bond acceptors (Lipinski definition) is 3. The molecule has 1 atom stereocenters. The third-order valence-electron chi connectivity index (χ3n) is 6.33. The number of rotatable bonds is 5. The Morgan fingerprint density at radius 2 is 1.96 bits per heavy atom. The molecule has 0 radical (unpaired) electrons. The van der Waals surface area contributed by atoms with Crippen molar-refractivity contribution < 1.29 is 14.3 Å². The summed E-state index contributed by atoms with van der Waals surface area (Å²) >= 11 is 0. The maximum atomic E-state index is 13.1. The molecule has 3 rings (SSSR count). The molecule has 24 heavy (non-hydrogen) atoms. The summed E-state index contributed by atoms with van der Waals surface area (Å²) in [5.41, 5.74) is -0.311. The van der Waals surface area contributed by atoms with Crippen LogP contribution in [0.3, 0.4) is 0 Å². The normalized spacial score (nSPS) is 28.8. The van der Waals surface area contributed by atoms with Gasteiger partial charge in [0.15, 0.2) is 0 Å². The molecule has 5 nitrogen and oxygen atoms in total. The van der Waals surface area contributed by atoms with Crippen LogP contribution in [0.1, 0.15) is 57.8 Å². The summed E-state index contributed by atoms with van der Waals surface area (Å²) in [4.78, 5) is 29.1. The fourth-order valence-electron chi connectivity index (χ4n) is 4.86. The van der Waals surface area contributed by atoms with Gasteiger partial charge in [0.1, 0.15) is 6.61 Å². The largest absolute Gasteiger partial charge is 0.375 e. The van der Waals surface area contributed by atoms with E-state index in [4.69, 9.17) is 4.74 Å². The highest BCUT2D eigenvalue weighted by Gasteiger charge is 2.49. The molecule has 0 aromatic rings. The fraction of sp³-hybridized carbons (Fsp3) is 0.895. The number of piperidine rings is 1. The summed E-state index contributed by atoms with van der Waals surface area (Å²) in [6.07, 6.45) is 10.8. The molecule has 1 saturated carbocycles. The number of hydrogen-bond donors (Lipinski definition) is 0. The number of likely N-dealkylation sites (tertiary alicyclic amines) is 2. The zero-order chi connectivity index (χ0) is 17.0. The molecule has 0 unspecified atom stereocenters. The van der Waals surface area contributed by atoms with Crippen LogP contribution in [-0.4, -0.2) is 61.5 Å². The Balaban J connectivity index is 1.55. The molecule has 0 bridgehead atoms. The van der Waals surface area contributed by atoms with Crippen molar-refractivity contribution in [2.45, 2.75) is 57.8 Å². The highest BCUT2D eigenvalue weighted by atomic mass is 16.5. The molecule has 1 spiro atoms. The first-order valence-electron chi connectivity index (χ1n) is 9.71. The second-order valence-corrected chi connectivity index (χ2v) is 7.97. The molecule has 3 aliphatic rings. The molecule has 0 aromatic carbocycles. The molecular formula is C19H32N2O3. The second kappa shape index (κ2) is 7.85. The Hall–Kier alpha value is -1.10. The lowest BCUT2D eigenvalue weighted by atomic mass is 9.78. The Labute approximate surface area is 145 Å². The summed E-state index contributed by atoms with van der Waals surface area (Å²) in [6.45, 7) is 3.23. The maximum Gasteiger partial charge on any atom is 0.248 e. The van der Waals surface area contributed by atoms with Crippen LogP contribution in [-0.2, 0) is 14.3 Å². The number of nitrogens with zero attached hydrogens (tertiary/aromatic N) is 2. The SMILES string of the molecule is COCC(=O)N1CC[C@]2(CCCN(CCC3CCCCC3)C2=O)C1. The van der Waals surface area contributed by atoms with Crippen molar-refractivity contribution >= 4 is 11.8 Å². The average Bonchev–Trinajstić information content (AvgIpc) is 3.03. The Bertz CT molecular complexity index is 462. The summed E-state index contributed by atoms with van der Waals surface area (Å²) < 4.78 is 4.96. The minimum atomic E-state index is -0.311. The van der Waals surface area contributed by atoms with Gasteiger partial charge in [0.05, 0.1) is 5.41 Å². The molecule has 2 heterocycles. The lowest BCUT2D eigenvalue weighted by Crippen LogP contribution is -2.51. The van der Waals surface area contributed by atoms with Crippen LogP contribution in [0.15, 0.2) is 0 Å². The van der Waals surface area contributed by atoms with Gasteiger partial charge < -0.3 is 14.5 Å². The number of methoxy groups -OCH3 is 1. The molecule has 136 valence electrons. The van der Waals surface area contributed by atoms with Crippen molar-refractivity contribution in [3.63, 3.8) is 0 Å². The molecule has 2 saturated heterocycles. The molecular weight excluding hydrogens is 304 g/mol. The quantitative estimate of drug-likeness (QED) is 0.775. The average molecular weight is 336 g/mol. The lowest BCUT2D eigenvalue weighted by Gasteiger charge is -2.40. The second-order valence-electron chi connectivity index (χ2n) is 7.97.